The summed E-state index contributed by atoms with van der Waals surface area (Å²) in [5, 5.41) is 12.0. The second-order valence-electron chi connectivity index (χ2n) is 5.54. The van der Waals surface area contributed by atoms with Gasteiger partial charge in [0.25, 0.3) is 0 Å². The van der Waals surface area contributed by atoms with Crippen LogP contribution in [0.25, 0.3) is 0 Å². The van der Waals surface area contributed by atoms with Crippen LogP contribution in [-0.2, 0) is 0 Å². The number of hydrogen-bond acceptors (Lipinski definition) is 3. The molecule has 3 nitrogen and oxygen atoms in total. The molecule has 0 aliphatic heterocycles. The van der Waals surface area contributed by atoms with Crippen LogP contribution in [-0.4, -0.2) is 11.0 Å². The van der Waals surface area contributed by atoms with E-state index in [4.69, 9.17) is 16.9 Å². The summed E-state index contributed by atoms with van der Waals surface area (Å²) in [6.45, 7) is 0. The topological polar surface area (TPSA) is 48.7 Å². The van der Waals surface area contributed by atoms with Gasteiger partial charge < -0.3 is 5.32 Å². The van der Waals surface area contributed by atoms with E-state index in [9.17, 15) is 4.39 Å². The Morgan fingerprint density at radius 2 is 2.11 bits per heavy atom. The van der Waals surface area contributed by atoms with Gasteiger partial charge in [0.15, 0.2) is 11.6 Å². The van der Waals surface area contributed by atoms with Gasteiger partial charge in [0, 0.05) is 6.04 Å². The first-order chi connectivity index (χ1) is 9.17. The van der Waals surface area contributed by atoms with E-state index < -0.39 is 5.82 Å². The second-order valence-corrected chi connectivity index (χ2v) is 5.89. The lowest BCUT2D eigenvalue weighted by atomic mass is 9.68. The van der Waals surface area contributed by atoms with Crippen LogP contribution in [0, 0.1) is 29.0 Å². The van der Waals surface area contributed by atoms with Gasteiger partial charge in [0.05, 0.1) is 5.56 Å². The van der Waals surface area contributed by atoms with Crippen molar-refractivity contribution in [1.82, 2.24) is 4.98 Å². The van der Waals surface area contributed by atoms with Crippen LogP contribution in [0.2, 0.25) is 5.15 Å². The van der Waals surface area contributed by atoms with Crippen LogP contribution >= 0.6 is 11.6 Å². The third kappa shape index (κ3) is 2.40. The maximum atomic E-state index is 13.9. The predicted octanol–water partition coefficient (Wildman–Crippen LogP) is 3.74. The Morgan fingerprint density at radius 3 is 2.68 bits per heavy atom. The highest BCUT2D eigenvalue weighted by Gasteiger charge is 2.36. The van der Waals surface area contributed by atoms with Crippen molar-refractivity contribution in [2.75, 3.05) is 5.32 Å². The molecule has 0 saturated heterocycles. The molecule has 19 heavy (non-hydrogen) atoms. The molecule has 1 N–H and O–H groups in total. The van der Waals surface area contributed by atoms with Crippen molar-refractivity contribution >= 4 is 17.4 Å². The number of nitrogens with zero attached hydrogens (tertiary/aromatic N) is 2. The van der Waals surface area contributed by atoms with Gasteiger partial charge in [-0.25, -0.2) is 9.37 Å². The summed E-state index contributed by atoms with van der Waals surface area (Å²) in [6, 6.07) is 3.27. The van der Waals surface area contributed by atoms with Crippen LogP contribution in [0.4, 0.5) is 10.2 Å². The molecule has 1 atom stereocenters. The number of hydrogen-bond donors (Lipinski definition) is 1. The number of fused-ring (bicyclic) bond motifs is 3. The van der Waals surface area contributed by atoms with Crippen molar-refractivity contribution in [3.8, 4) is 6.07 Å². The Bertz CT molecular complexity index is 532. The van der Waals surface area contributed by atoms with E-state index in [-0.39, 0.29) is 16.5 Å². The van der Waals surface area contributed by atoms with E-state index in [0.29, 0.717) is 12.0 Å². The summed E-state index contributed by atoms with van der Waals surface area (Å²) in [7, 11) is 0. The van der Waals surface area contributed by atoms with E-state index in [1.807, 2.05) is 6.07 Å². The summed E-state index contributed by atoms with van der Waals surface area (Å²) in [4.78, 5) is 3.98. The lowest BCUT2D eigenvalue weighted by Gasteiger charge is -2.42. The molecule has 5 heteroatoms. The molecule has 1 heterocycles. The normalized spacial score (nSPS) is 29.0. The second kappa shape index (κ2) is 4.97. The molecule has 0 spiro atoms. The molecule has 2 bridgehead atoms. The van der Waals surface area contributed by atoms with Gasteiger partial charge in [0.2, 0.25) is 0 Å². The lowest BCUT2D eigenvalue weighted by Crippen LogP contribution is -2.40. The van der Waals surface area contributed by atoms with E-state index in [1.54, 1.807) is 0 Å². The van der Waals surface area contributed by atoms with Crippen molar-refractivity contribution in [3.63, 3.8) is 0 Å². The Balaban J connectivity index is 1.80. The van der Waals surface area contributed by atoms with Gasteiger partial charge in [-0.3, -0.25) is 0 Å². The quantitative estimate of drug-likeness (QED) is 0.839. The van der Waals surface area contributed by atoms with E-state index in [1.165, 1.54) is 25.7 Å². The van der Waals surface area contributed by atoms with Crippen molar-refractivity contribution in [1.29, 1.82) is 5.26 Å². The Labute approximate surface area is 116 Å². The van der Waals surface area contributed by atoms with Gasteiger partial charge in [-0.15, -0.1) is 0 Å². The maximum absolute atomic E-state index is 13.9. The average molecular weight is 280 g/mol. The third-order valence-corrected chi connectivity index (χ3v) is 4.71. The van der Waals surface area contributed by atoms with E-state index in [2.05, 4.69) is 10.3 Å². The van der Waals surface area contributed by atoms with Crippen molar-refractivity contribution in [2.45, 2.75) is 38.1 Å². The van der Waals surface area contributed by atoms with Gasteiger partial charge in [-0.2, -0.15) is 5.26 Å². The van der Waals surface area contributed by atoms with Gasteiger partial charge in [0.1, 0.15) is 11.2 Å². The Kier molecular flexibility index (Phi) is 3.32. The highest BCUT2D eigenvalue weighted by atomic mass is 35.5. The van der Waals surface area contributed by atoms with E-state index >= 15 is 0 Å². The third-order valence-electron chi connectivity index (χ3n) is 4.42. The Hall–Kier alpha value is -1.34. The number of nitriles is 1. The standard InChI is InChI=1S/C14H15ClFN3/c15-13-10(7-17)6-11(16)14(19-13)18-12-5-8-1-3-9(12)4-2-8/h6,8-9,12H,1-5H2,(H,18,19). The monoisotopic (exact) mass is 279 g/mol. The summed E-state index contributed by atoms with van der Waals surface area (Å²) in [5.41, 5.74) is 0.0786. The first-order valence-corrected chi connectivity index (χ1v) is 7.08. The largest absolute Gasteiger partial charge is 0.365 e. The molecule has 0 amide bonds. The fourth-order valence-electron chi connectivity index (χ4n) is 3.38. The van der Waals surface area contributed by atoms with Gasteiger partial charge >= 0.3 is 0 Å². The number of anilines is 1. The lowest BCUT2D eigenvalue weighted by molar-refractivity contribution is 0.157. The van der Waals surface area contributed by atoms with Crippen LogP contribution < -0.4 is 5.32 Å². The number of aromatic nitrogens is 1. The highest BCUT2D eigenvalue weighted by Crippen LogP contribution is 2.42. The number of halogens is 2. The molecule has 100 valence electrons. The van der Waals surface area contributed by atoms with Crippen molar-refractivity contribution in [2.24, 2.45) is 11.8 Å². The van der Waals surface area contributed by atoms with Gasteiger partial charge in [-0.1, -0.05) is 24.4 Å². The summed E-state index contributed by atoms with van der Waals surface area (Å²) in [5.74, 6) is 1.06. The zero-order chi connectivity index (χ0) is 13.4. The molecule has 0 aromatic carbocycles. The molecule has 0 radical (unpaired) electrons. The van der Waals surface area contributed by atoms with E-state index in [0.717, 1.165) is 18.4 Å². The number of pyridine rings is 1. The van der Waals surface area contributed by atoms with Crippen LogP contribution in [0.5, 0.6) is 0 Å². The van der Waals surface area contributed by atoms with Crippen LogP contribution in [0.1, 0.15) is 37.7 Å². The fourth-order valence-corrected chi connectivity index (χ4v) is 3.56. The molecule has 1 unspecified atom stereocenters. The molecule has 1 aromatic rings. The molecular weight excluding hydrogens is 265 g/mol. The minimum Gasteiger partial charge on any atom is -0.365 e. The SMILES string of the molecule is N#Cc1cc(F)c(NC2CC3CCC2CC3)nc1Cl. The summed E-state index contributed by atoms with van der Waals surface area (Å²) < 4.78 is 13.9. The number of nitrogens with one attached hydrogen (secondary N) is 1. The van der Waals surface area contributed by atoms with Crippen molar-refractivity contribution < 1.29 is 4.39 Å². The smallest absolute Gasteiger partial charge is 0.166 e. The summed E-state index contributed by atoms with van der Waals surface area (Å²) in [6.07, 6.45) is 6.12. The maximum Gasteiger partial charge on any atom is 0.166 e. The molecule has 1 aromatic heterocycles. The minimum absolute atomic E-state index is 0.0624. The van der Waals surface area contributed by atoms with Crippen molar-refractivity contribution in [3.05, 3.63) is 22.6 Å². The number of rotatable bonds is 2. The molecule has 3 aliphatic rings. The molecular formula is C14H15ClFN3. The van der Waals surface area contributed by atoms with Crippen LogP contribution in [0.3, 0.4) is 0 Å². The molecule has 3 aliphatic carbocycles. The average Bonchev–Trinajstić information content (AvgIpc) is 2.44. The molecule has 3 fully saturated rings. The Morgan fingerprint density at radius 1 is 1.37 bits per heavy atom. The zero-order valence-electron chi connectivity index (χ0n) is 10.5. The van der Waals surface area contributed by atoms with Crippen LogP contribution in [0.15, 0.2) is 6.07 Å². The molecule has 4 rings (SSSR count). The highest BCUT2D eigenvalue weighted by molar-refractivity contribution is 6.30. The molecule has 3 saturated carbocycles. The predicted molar refractivity (Wildman–Crippen MR) is 71.4 cm³/mol. The first kappa shape index (κ1) is 12.7. The zero-order valence-corrected chi connectivity index (χ0v) is 11.3. The summed E-state index contributed by atoms with van der Waals surface area (Å²) >= 11 is 5.86. The fraction of sp³-hybridized carbons (Fsp3) is 0.571. The van der Waals surface area contributed by atoms with Gasteiger partial charge in [-0.05, 0) is 37.2 Å². The first-order valence-electron chi connectivity index (χ1n) is 6.70. The minimum atomic E-state index is -0.498.